The quantitative estimate of drug-likeness (QED) is 0.725. The van der Waals surface area contributed by atoms with E-state index in [2.05, 4.69) is 10.4 Å². The molecule has 0 saturated heterocycles. The van der Waals surface area contributed by atoms with Crippen molar-refractivity contribution in [2.45, 2.75) is 12.5 Å². The van der Waals surface area contributed by atoms with Crippen molar-refractivity contribution in [1.82, 2.24) is 15.1 Å². The zero-order valence-electron chi connectivity index (χ0n) is 13.4. The molecular weight excluding hydrogens is 318 g/mol. The molecule has 0 saturated carbocycles. The predicted molar refractivity (Wildman–Crippen MR) is 92.5 cm³/mol. The van der Waals surface area contributed by atoms with Crippen molar-refractivity contribution in [3.63, 3.8) is 0 Å². The number of hydrogen-bond donors (Lipinski definition) is 2. The fourth-order valence-corrected chi connectivity index (χ4v) is 2.51. The molecule has 0 fully saturated rings. The third kappa shape index (κ3) is 4.11. The lowest BCUT2D eigenvalue weighted by Gasteiger charge is -2.16. The summed E-state index contributed by atoms with van der Waals surface area (Å²) >= 11 is 0. The van der Waals surface area contributed by atoms with Crippen molar-refractivity contribution in [2.24, 2.45) is 0 Å². The fraction of sp³-hybridized carbons (Fsp3) is 0.105. The highest BCUT2D eigenvalue weighted by molar-refractivity contribution is 5.92. The fourth-order valence-electron chi connectivity index (χ4n) is 2.51. The average molecular weight is 335 g/mol. The minimum absolute atomic E-state index is 0.199. The van der Waals surface area contributed by atoms with Crippen molar-refractivity contribution in [1.29, 1.82) is 0 Å². The first-order valence-electron chi connectivity index (χ1n) is 7.82. The Bertz CT molecular complexity index is 860. The van der Waals surface area contributed by atoms with E-state index in [1.807, 2.05) is 36.4 Å². The molecule has 0 radical (unpaired) electrons. The molecular formula is C19H17N3O3. The number of carboxylic acid groups (broad SMARTS) is 1. The summed E-state index contributed by atoms with van der Waals surface area (Å²) in [6.45, 7) is 0. The molecule has 1 heterocycles. The van der Waals surface area contributed by atoms with E-state index in [9.17, 15) is 9.59 Å². The third-order valence-corrected chi connectivity index (χ3v) is 3.73. The molecule has 1 amide bonds. The van der Waals surface area contributed by atoms with Crippen LogP contribution in [0.15, 0.2) is 72.9 Å². The van der Waals surface area contributed by atoms with Gasteiger partial charge < -0.3 is 10.4 Å². The lowest BCUT2D eigenvalue weighted by Crippen LogP contribution is -2.30. The molecule has 3 aromatic rings. The Labute approximate surface area is 144 Å². The molecule has 0 aliphatic heterocycles. The number of nitrogens with zero attached hydrogens (tertiary/aromatic N) is 2. The van der Waals surface area contributed by atoms with Gasteiger partial charge in [0, 0.05) is 6.20 Å². The number of carboxylic acids is 1. The normalized spacial score (nSPS) is 11.7. The maximum absolute atomic E-state index is 12.5. The summed E-state index contributed by atoms with van der Waals surface area (Å²) in [4.78, 5) is 23.6. The van der Waals surface area contributed by atoms with Gasteiger partial charge >= 0.3 is 5.97 Å². The van der Waals surface area contributed by atoms with E-state index < -0.39 is 17.9 Å². The summed E-state index contributed by atoms with van der Waals surface area (Å²) in [7, 11) is 0. The van der Waals surface area contributed by atoms with Gasteiger partial charge in [0.25, 0.3) is 5.91 Å². The van der Waals surface area contributed by atoms with Gasteiger partial charge in [-0.1, -0.05) is 48.5 Å². The minimum Gasteiger partial charge on any atom is -0.481 e. The van der Waals surface area contributed by atoms with Crippen LogP contribution in [0.1, 0.15) is 28.5 Å². The summed E-state index contributed by atoms with van der Waals surface area (Å²) in [6, 6.07) is 19.4. The van der Waals surface area contributed by atoms with Gasteiger partial charge in [-0.15, -0.1) is 0 Å². The molecule has 1 atom stereocenters. The second kappa shape index (κ2) is 7.44. The van der Waals surface area contributed by atoms with Gasteiger partial charge in [-0.05, 0) is 23.8 Å². The SMILES string of the molecule is O=C(O)C[C@H](NC(=O)c1ccn(-c2ccccc2)n1)c1ccccc1. The molecule has 0 aliphatic carbocycles. The average Bonchev–Trinajstić information content (AvgIpc) is 3.12. The molecule has 6 nitrogen and oxygen atoms in total. The first kappa shape index (κ1) is 16.4. The lowest BCUT2D eigenvalue weighted by molar-refractivity contribution is -0.137. The molecule has 3 rings (SSSR count). The van der Waals surface area contributed by atoms with Crippen LogP contribution in [-0.4, -0.2) is 26.8 Å². The number of aliphatic carboxylic acids is 1. The number of amides is 1. The number of carbonyl (C=O) groups excluding carboxylic acids is 1. The van der Waals surface area contributed by atoms with Gasteiger partial charge in [0.2, 0.25) is 0 Å². The first-order chi connectivity index (χ1) is 12.1. The minimum atomic E-state index is -0.982. The third-order valence-electron chi connectivity index (χ3n) is 3.73. The van der Waals surface area contributed by atoms with Gasteiger partial charge in [0.05, 0.1) is 18.2 Å². The van der Waals surface area contributed by atoms with Crippen molar-refractivity contribution < 1.29 is 14.7 Å². The number of para-hydroxylation sites is 1. The molecule has 0 bridgehead atoms. The van der Waals surface area contributed by atoms with Crippen LogP contribution in [0.3, 0.4) is 0 Å². The van der Waals surface area contributed by atoms with E-state index in [0.29, 0.717) is 0 Å². The van der Waals surface area contributed by atoms with Crippen LogP contribution in [0.4, 0.5) is 0 Å². The Morgan fingerprint density at radius 2 is 1.64 bits per heavy atom. The van der Waals surface area contributed by atoms with Gasteiger partial charge in [0.1, 0.15) is 0 Å². The van der Waals surface area contributed by atoms with Crippen LogP contribution in [0.25, 0.3) is 5.69 Å². The molecule has 6 heteroatoms. The molecule has 2 aromatic carbocycles. The van der Waals surface area contributed by atoms with Gasteiger partial charge in [0.15, 0.2) is 5.69 Å². The monoisotopic (exact) mass is 335 g/mol. The van der Waals surface area contributed by atoms with Gasteiger partial charge in [-0.3, -0.25) is 9.59 Å². The molecule has 0 spiro atoms. The van der Waals surface area contributed by atoms with Crippen LogP contribution >= 0.6 is 0 Å². The molecule has 2 N–H and O–H groups in total. The Morgan fingerprint density at radius 3 is 2.28 bits per heavy atom. The molecule has 0 unspecified atom stereocenters. The maximum atomic E-state index is 12.5. The Kier molecular flexibility index (Phi) is 4.89. The van der Waals surface area contributed by atoms with Crippen molar-refractivity contribution in [2.75, 3.05) is 0 Å². The number of rotatable bonds is 6. The standard InChI is InChI=1S/C19H17N3O3/c23-18(24)13-17(14-7-3-1-4-8-14)20-19(25)16-11-12-22(21-16)15-9-5-2-6-10-15/h1-12,17H,13H2,(H,20,25)(H,23,24)/t17-/m0/s1. The Balaban J connectivity index is 1.78. The van der Waals surface area contributed by atoms with E-state index in [1.165, 1.54) is 0 Å². The van der Waals surface area contributed by atoms with Gasteiger partial charge in [-0.2, -0.15) is 5.10 Å². The molecule has 1 aromatic heterocycles. The van der Waals surface area contributed by atoms with E-state index in [4.69, 9.17) is 5.11 Å². The molecule has 0 aliphatic rings. The van der Waals surface area contributed by atoms with Crippen molar-refractivity contribution in [3.8, 4) is 5.69 Å². The van der Waals surface area contributed by atoms with Crippen LogP contribution in [0.5, 0.6) is 0 Å². The first-order valence-corrected chi connectivity index (χ1v) is 7.82. The Morgan fingerprint density at radius 1 is 1.00 bits per heavy atom. The topological polar surface area (TPSA) is 84.2 Å². The highest BCUT2D eigenvalue weighted by Gasteiger charge is 2.20. The maximum Gasteiger partial charge on any atom is 0.305 e. The zero-order chi connectivity index (χ0) is 17.6. The highest BCUT2D eigenvalue weighted by atomic mass is 16.4. The van der Waals surface area contributed by atoms with E-state index in [1.54, 1.807) is 41.2 Å². The summed E-state index contributed by atoms with van der Waals surface area (Å²) < 4.78 is 1.60. The number of nitrogens with one attached hydrogen (secondary N) is 1. The number of hydrogen-bond acceptors (Lipinski definition) is 3. The summed E-state index contributed by atoms with van der Waals surface area (Å²) in [5.41, 5.74) is 1.81. The summed E-state index contributed by atoms with van der Waals surface area (Å²) in [6.07, 6.45) is 1.49. The number of carbonyl (C=O) groups is 2. The van der Waals surface area contributed by atoms with Crippen LogP contribution < -0.4 is 5.32 Å². The van der Waals surface area contributed by atoms with Gasteiger partial charge in [-0.25, -0.2) is 4.68 Å². The zero-order valence-corrected chi connectivity index (χ0v) is 13.4. The van der Waals surface area contributed by atoms with E-state index >= 15 is 0 Å². The largest absolute Gasteiger partial charge is 0.481 e. The smallest absolute Gasteiger partial charge is 0.305 e. The summed E-state index contributed by atoms with van der Waals surface area (Å²) in [5, 5.41) is 16.1. The van der Waals surface area contributed by atoms with Crippen molar-refractivity contribution in [3.05, 3.63) is 84.2 Å². The number of aromatic nitrogens is 2. The van der Waals surface area contributed by atoms with Crippen LogP contribution in [0, 0.1) is 0 Å². The van der Waals surface area contributed by atoms with E-state index in [0.717, 1.165) is 11.3 Å². The second-order valence-electron chi connectivity index (χ2n) is 5.52. The number of benzene rings is 2. The van der Waals surface area contributed by atoms with Crippen LogP contribution in [0.2, 0.25) is 0 Å². The lowest BCUT2D eigenvalue weighted by atomic mass is 10.0. The molecule has 126 valence electrons. The Hall–Kier alpha value is -3.41. The molecule has 25 heavy (non-hydrogen) atoms. The van der Waals surface area contributed by atoms with Crippen molar-refractivity contribution >= 4 is 11.9 Å². The predicted octanol–water partition coefficient (Wildman–Crippen LogP) is 2.82. The van der Waals surface area contributed by atoms with E-state index in [-0.39, 0.29) is 12.1 Å². The highest BCUT2D eigenvalue weighted by Crippen LogP contribution is 2.17. The second-order valence-corrected chi connectivity index (χ2v) is 5.52. The van der Waals surface area contributed by atoms with Crippen LogP contribution in [-0.2, 0) is 4.79 Å². The summed E-state index contributed by atoms with van der Waals surface area (Å²) in [5.74, 6) is -1.39.